The number of H-pyrrole nitrogens is 1. The van der Waals surface area contributed by atoms with Crippen molar-refractivity contribution < 1.29 is 18.3 Å². The van der Waals surface area contributed by atoms with Gasteiger partial charge in [-0.15, -0.1) is 0 Å². The van der Waals surface area contributed by atoms with Gasteiger partial charge in [-0.05, 0) is 19.3 Å². The molecule has 2 heterocycles. The number of hydrogen-bond acceptors (Lipinski definition) is 5. The van der Waals surface area contributed by atoms with E-state index in [4.69, 9.17) is 4.74 Å². The Bertz CT molecular complexity index is 556. The number of fused-ring (bicyclic) bond motifs is 1. The molecule has 0 radical (unpaired) electrons. The smallest absolute Gasteiger partial charge is 0.260 e. The summed E-state index contributed by atoms with van der Waals surface area (Å²) in [6.45, 7) is 0.430. The fourth-order valence-corrected chi connectivity index (χ4v) is 4.70. The molecule has 1 aliphatic carbocycles. The van der Waals surface area contributed by atoms with Crippen molar-refractivity contribution >= 4 is 10.0 Å². The van der Waals surface area contributed by atoms with E-state index in [0.717, 1.165) is 19.3 Å². The molecule has 2 atom stereocenters. The van der Waals surface area contributed by atoms with Gasteiger partial charge < -0.3 is 9.84 Å². The van der Waals surface area contributed by atoms with Gasteiger partial charge in [0.15, 0.2) is 5.03 Å². The molecule has 0 spiro atoms. The van der Waals surface area contributed by atoms with Crippen LogP contribution in [0, 0.1) is 0 Å². The molecule has 2 aliphatic rings. The van der Waals surface area contributed by atoms with Gasteiger partial charge in [-0.25, -0.2) is 8.42 Å². The van der Waals surface area contributed by atoms with Gasteiger partial charge in [0.2, 0.25) is 0 Å². The first-order valence-electron chi connectivity index (χ1n) is 6.41. The standard InChI is InChI=1S/C11H17N3O4S/c15-7-8-6-12-13-11(8)19(16,17)14-4-5-18-10-3-1-2-9(10)14/h6,9-10,15H,1-5,7H2,(H,12,13). The first-order valence-corrected chi connectivity index (χ1v) is 7.85. The molecule has 1 aliphatic heterocycles. The van der Waals surface area contributed by atoms with Gasteiger partial charge in [0.1, 0.15) is 0 Å². The van der Waals surface area contributed by atoms with Crippen molar-refractivity contribution in [2.45, 2.75) is 43.0 Å². The molecule has 1 saturated heterocycles. The average molecular weight is 287 g/mol. The number of rotatable bonds is 3. The Labute approximate surface area is 111 Å². The van der Waals surface area contributed by atoms with Crippen LogP contribution in [0.2, 0.25) is 0 Å². The highest BCUT2D eigenvalue weighted by molar-refractivity contribution is 7.89. The van der Waals surface area contributed by atoms with Gasteiger partial charge in [0.25, 0.3) is 10.0 Å². The average Bonchev–Trinajstić information content (AvgIpc) is 3.06. The molecule has 2 N–H and O–H groups in total. The van der Waals surface area contributed by atoms with Gasteiger partial charge in [-0.3, -0.25) is 5.10 Å². The van der Waals surface area contributed by atoms with Gasteiger partial charge in [0, 0.05) is 12.1 Å². The van der Waals surface area contributed by atoms with Crippen molar-refractivity contribution in [1.29, 1.82) is 0 Å². The SMILES string of the molecule is O=S(=O)(c1[nH]ncc1CO)N1CCOC2CCCC21. The fraction of sp³-hybridized carbons (Fsp3) is 0.727. The summed E-state index contributed by atoms with van der Waals surface area (Å²) in [6.07, 6.45) is 4.07. The fourth-order valence-electron chi connectivity index (χ4n) is 2.94. The van der Waals surface area contributed by atoms with Crippen molar-refractivity contribution in [1.82, 2.24) is 14.5 Å². The lowest BCUT2D eigenvalue weighted by atomic mass is 10.2. The molecule has 0 amide bonds. The summed E-state index contributed by atoms with van der Waals surface area (Å²) in [7, 11) is -3.64. The zero-order chi connectivity index (χ0) is 13.5. The van der Waals surface area contributed by atoms with Crippen molar-refractivity contribution in [3.63, 3.8) is 0 Å². The number of aliphatic hydroxyl groups excluding tert-OH is 1. The number of nitrogens with zero attached hydrogens (tertiary/aromatic N) is 2. The van der Waals surface area contributed by atoms with Gasteiger partial charge in [-0.1, -0.05) is 0 Å². The first kappa shape index (κ1) is 13.0. The summed E-state index contributed by atoms with van der Waals surface area (Å²) in [6, 6.07) is -0.0893. The molecule has 2 unspecified atom stereocenters. The van der Waals surface area contributed by atoms with Crippen molar-refractivity contribution in [3.05, 3.63) is 11.8 Å². The van der Waals surface area contributed by atoms with Crippen LogP contribution in [0.3, 0.4) is 0 Å². The van der Waals surface area contributed by atoms with Crippen LogP contribution in [0.25, 0.3) is 0 Å². The molecule has 1 saturated carbocycles. The predicted octanol–water partition coefficient (Wildman–Crippen LogP) is -0.156. The van der Waals surface area contributed by atoms with Crippen LogP contribution >= 0.6 is 0 Å². The van der Waals surface area contributed by atoms with E-state index in [1.165, 1.54) is 10.5 Å². The number of aromatic amines is 1. The van der Waals surface area contributed by atoms with Crippen LogP contribution in [0.1, 0.15) is 24.8 Å². The van der Waals surface area contributed by atoms with E-state index >= 15 is 0 Å². The van der Waals surface area contributed by atoms with E-state index in [-0.39, 0.29) is 23.8 Å². The second-order valence-electron chi connectivity index (χ2n) is 4.91. The van der Waals surface area contributed by atoms with Crippen molar-refractivity contribution in [3.8, 4) is 0 Å². The summed E-state index contributed by atoms with van der Waals surface area (Å²) < 4.78 is 32.4. The maximum atomic E-state index is 12.7. The Hall–Kier alpha value is -0.960. The Morgan fingerprint density at radius 1 is 1.53 bits per heavy atom. The van der Waals surface area contributed by atoms with Gasteiger partial charge in [0.05, 0.1) is 31.6 Å². The van der Waals surface area contributed by atoms with Crippen LogP contribution in [-0.4, -0.2) is 53.3 Å². The normalized spacial score (nSPS) is 28.5. The third kappa shape index (κ3) is 2.08. The molecule has 19 heavy (non-hydrogen) atoms. The number of ether oxygens (including phenoxy) is 1. The Morgan fingerprint density at radius 3 is 3.16 bits per heavy atom. The number of aromatic nitrogens is 2. The van der Waals surface area contributed by atoms with Gasteiger partial charge >= 0.3 is 0 Å². The molecule has 2 fully saturated rings. The van der Waals surface area contributed by atoms with E-state index in [9.17, 15) is 13.5 Å². The number of aliphatic hydroxyl groups is 1. The second kappa shape index (κ2) is 4.86. The third-order valence-electron chi connectivity index (χ3n) is 3.85. The van der Waals surface area contributed by atoms with Crippen LogP contribution < -0.4 is 0 Å². The maximum Gasteiger partial charge on any atom is 0.260 e. The molecule has 0 bridgehead atoms. The van der Waals surface area contributed by atoms with Crippen LogP contribution in [0.5, 0.6) is 0 Å². The molecule has 1 aromatic heterocycles. The number of nitrogens with one attached hydrogen (secondary N) is 1. The molecule has 3 rings (SSSR count). The minimum absolute atomic E-state index is 0.00236. The van der Waals surface area contributed by atoms with Crippen LogP contribution in [0.4, 0.5) is 0 Å². The summed E-state index contributed by atoms with van der Waals surface area (Å²) in [5, 5.41) is 15.4. The minimum Gasteiger partial charge on any atom is -0.392 e. The lowest BCUT2D eigenvalue weighted by molar-refractivity contribution is -0.0242. The van der Waals surface area contributed by atoms with E-state index in [2.05, 4.69) is 10.2 Å². The van der Waals surface area contributed by atoms with Crippen molar-refractivity contribution in [2.24, 2.45) is 0 Å². The van der Waals surface area contributed by atoms with Crippen molar-refractivity contribution in [2.75, 3.05) is 13.2 Å². The highest BCUT2D eigenvalue weighted by atomic mass is 32.2. The van der Waals surface area contributed by atoms with Gasteiger partial charge in [-0.2, -0.15) is 9.40 Å². The molecule has 8 heteroatoms. The quantitative estimate of drug-likeness (QED) is 0.805. The second-order valence-corrected chi connectivity index (χ2v) is 6.73. The summed E-state index contributed by atoms with van der Waals surface area (Å²) in [5.41, 5.74) is 0.307. The lowest BCUT2D eigenvalue weighted by Gasteiger charge is -2.36. The summed E-state index contributed by atoms with van der Waals surface area (Å²) in [5.74, 6) is 0. The van der Waals surface area contributed by atoms with Crippen LogP contribution in [-0.2, 0) is 21.4 Å². The van der Waals surface area contributed by atoms with E-state index in [1.807, 2.05) is 0 Å². The van der Waals surface area contributed by atoms with E-state index < -0.39 is 10.0 Å². The Balaban J connectivity index is 1.95. The molecular formula is C11H17N3O4S. The number of morpholine rings is 1. The van der Waals surface area contributed by atoms with E-state index in [0.29, 0.717) is 18.7 Å². The highest BCUT2D eigenvalue weighted by Crippen LogP contribution is 2.33. The first-order chi connectivity index (χ1) is 9.14. The number of hydrogen-bond donors (Lipinski definition) is 2. The predicted molar refractivity (Wildman–Crippen MR) is 65.8 cm³/mol. The summed E-state index contributed by atoms with van der Waals surface area (Å²) in [4.78, 5) is 0. The van der Waals surface area contributed by atoms with Crippen LogP contribution in [0.15, 0.2) is 11.2 Å². The molecule has 1 aromatic rings. The molecule has 7 nitrogen and oxygen atoms in total. The topological polar surface area (TPSA) is 95.5 Å². The molecule has 106 valence electrons. The molecular weight excluding hydrogens is 270 g/mol. The minimum atomic E-state index is -3.64. The zero-order valence-electron chi connectivity index (χ0n) is 10.4. The lowest BCUT2D eigenvalue weighted by Crippen LogP contribution is -2.51. The zero-order valence-corrected chi connectivity index (χ0v) is 11.3. The molecule has 0 aromatic carbocycles. The maximum absolute atomic E-state index is 12.7. The monoisotopic (exact) mass is 287 g/mol. The Kier molecular flexibility index (Phi) is 3.34. The summed E-state index contributed by atoms with van der Waals surface area (Å²) >= 11 is 0. The van der Waals surface area contributed by atoms with E-state index in [1.54, 1.807) is 0 Å². The largest absolute Gasteiger partial charge is 0.392 e. The number of sulfonamides is 1. The Morgan fingerprint density at radius 2 is 2.37 bits per heavy atom. The third-order valence-corrected chi connectivity index (χ3v) is 5.79. The highest BCUT2D eigenvalue weighted by Gasteiger charge is 2.43.